The summed E-state index contributed by atoms with van der Waals surface area (Å²) in [6.07, 6.45) is 2.52. The van der Waals surface area contributed by atoms with Gasteiger partial charge in [-0.25, -0.2) is 4.98 Å². The molecule has 120 valence electrons. The monoisotopic (exact) mass is 329 g/mol. The molecule has 2 fully saturated rings. The Morgan fingerprint density at radius 2 is 2.17 bits per heavy atom. The molecule has 5 nitrogen and oxygen atoms in total. The first-order valence-corrected chi connectivity index (χ1v) is 8.87. The molecule has 1 saturated carbocycles. The molecule has 4 rings (SSSR count). The number of thiazole rings is 1. The fraction of sp³-hybridized carbons (Fsp3) is 0.471. The molecule has 0 radical (unpaired) electrons. The molecule has 3 atom stereocenters. The van der Waals surface area contributed by atoms with Crippen molar-refractivity contribution in [2.24, 2.45) is 11.8 Å². The SMILES string of the molecule is CN(C(=O)c1ccc2ncsc2c1)[C@H]1C[C@H]2CC(=O)NC[C@H]2C1. The van der Waals surface area contributed by atoms with Gasteiger partial charge in [0.15, 0.2) is 0 Å². The maximum atomic E-state index is 12.8. The van der Waals surface area contributed by atoms with E-state index in [1.54, 1.807) is 16.8 Å². The highest BCUT2D eigenvalue weighted by Gasteiger charge is 2.40. The van der Waals surface area contributed by atoms with Gasteiger partial charge in [-0.15, -0.1) is 11.3 Å². The minimum absolute atomic E-state index is 0.0585. The molecule has 1 aliphatic heterocycles. The Hall–Kier alpha value is -1.95. The second kappa shape index (κ2) is 5.60. The largest absolute Gasteiger partial charge is 0.356 e. The Balaban J connectivity index is 1.51. The van der Waals surface area contributed by atoms with Crippen molar-refractivity contribution in [3.05, 3.63) is 29.3 Å². The summed E-state index contributed by atoms with van der Waals surface area (Å²) in [4.78, 5) is 30.5. The first-order valence-electron chi connectivity index (χ1n) is 7.99. The summed E-state index contributed by atoms with van der Waals surface area (Å²) >= 11 is 1.55. The number of amides is 2. The van der Waals surface area contributed by atoms with Gasteiger partial charge in [-0.3, -0.25) is 9.59 Å². The molecule has 2 amide bonds. The summed E-state index contributed by atoms with van der Waals surface area (Å²) in [7, 11) is 1.89. The highest BCUT2D eigenvalue weighted by Crippen LogP contribution is 2.38. The Kier molecular flexibility index (Phi) is 3.56. The van der Waals surface area contributed by atoms with Gasteiger partial charge in [-0.1, -0.05) is 0 Å². The molecule has 0 spiro atoms. The lowest BCUT2D eigenvalue weighted by molar-refractivity contribution is -0.124. The number of carbonyl (C=O) groups is 2. The molecule has 0 unspecified atom stereocenters. The van der Waals surface area contributed by atoms with Gasteiger partial charge in [0, 0.05) is 31.6 Å². The fourth-order valence-electron chi connectivity index (χ4n) is 3.91. The molecule has 2 aliphatic rings. The van der Waals surface area contributed by atoms with Crippen LogP contribution in [0.15, 0.2) is 23.7 Å². The smallest absolute Gasteiger partial charge is 0.253 e. The van der Waals surface area contributed by atoms with Crippen molar-refractivity contribution < 1.29 is 9.59 Å². The third-order valence-corrected chi connectivity index (χ3v) is 6.06. The third kappa shape index (κ3) is 2.61. The van der Waals surface area contributed by atoms with Crippen LogP contribution in [-0.2, 0) is 4.79 Å². The van der Waals surface area contributed by atoms with E-state index in [2.05, 4.69) is 10.3 Å². The molecule has 2 aromatic rings. The molecular weight excluding hydrogens is 310 g/mol. The second-order valence-electron chi connectivity index (χ2n) is 6.60. The van der Waals surface area contributed by atoms with Gasteiger partial charge in [-0.2, -0.15) is 0 Å². The van der Waals surface area contributed by atoms with Crippen molar-refractivity contribution in [1.29, 1.82) is 0 Å². The molecule has 1 saturated heterocycles. The highest BCUT2D eigenvalue weighted by atomic mass is 32.1. The first-order chi connectivity index (χ1) is 11.1. The lowest BCUT2D eigenvalue weighted by atomic mass is 9.89. The normalized spacial score (nSPS) is 26.8. The quantitative estimate of drug-likeness (QED) is 0.919. The van der Waals surface area contributed by atoms with E-state index in [0.717, 1.165) is 29.6 Å². The van der Waals surface area contributed by atoms with Gasteiger partial charge in [0.2, 0.25) is 5.91 Å². The summed E-state index contributed by atoms with van der Waals surface area (Å²) in [6, 6.07) is 5.92. The van der Waals surface area contributed by atoms with Crippen LogP contribution in [0.1, 0.15) is 29.6 Å². The molecule has 6 heteroatoms. The summed E-state index contributed by atoms with van der Waals surface area (Å²) in [5.74, 6) is 1.14. The van der Waals surface area contributed by atoms with Crippen LogP contribution in [0, 0.1) is 11.8 Å². The Bertz CT molecular complexity index is 772. The number of rotatable bonds is 2. The van der Waals surface area contributed by atoms with E-state index in [0.29, 0.717) is 23.8 Å². The predicted molar refractivity (Wildman–Crippen MR) is 89.3 cm³/mol. The van der Waals surface area contributed by atoms with Gasteiger partial charge >= 0.3 is 0 Å². The van der Waals surface area contributed by atoms with E-state index in [4.69, 9.17) is 0 Å². The second-order valence-corrected chi connectivity index (χ2v) is 7.49. The van der Waals surface area contributed by atoms with Crippen LogP contribution in [0.4, 0.5) is 0 Å². The molecule has 1 aromatic heterocycles. The summed E-state index contributed by atoms with van der Waals surface area (Å²) in [5.41, 5.74) is 3.45. The van der Waals surface area contributed by atoms with Crippen molar-refractivity contribution in [1.82, 2.24) is 15.2 Å². The van der Waals surface area contributed by atoms with Gasteiger partial charge < -0.3 is 10.2 Å². The lowest BCUT2D eigenvalue weighted by Crippen LogP contribution is -2.38. The topological polar surface area (TPSA) is 62.3 Å². The number of nitrogens with zero attached hydrogens (tertiary/aromatic N) is 2. The van der Waals surface area contributed by atoms with Crippen molar-refractivity contribution >= 4 is 33.4 Å². The fourth-order valence-corrected chi connectivity index (χ4v) is 4.63. The van der Waals surface area contributed by atoms with E-state index in [1.807, 2.05) is 30.1 Å². The van der Waals surface area contributed by atoms with Crippen molar-refractivity contribution in [3.63, 3.8) is 0 Å². The van der Waals surface area contributed by atoms with Crippen LogP contribution in [0.2, 0.25) is 0 Å². The van der Waals surface area contributed by atoms with E-state index >= 15 is 0 Å². The van der Waals surface area contributed by atoms with Gasteiger partial charge in [0.1, 0.15) is 0 Å². The molecule has 0 bridgehead atoms. The predicted octanol–water partition coefficient (Wildman–Crippen LogP) is 2.28. The minimum Gasteiger partial charge on any atom is -0.356 e. The molecule has 2 heterocycles. The number of hydrogen-bond donors (Lipinski definition) is 1. The van der Waals surface area contributed by atoms with Crippen LogP contribution in [-0.4, -0.2) is 41.3 Å². The highest BCUT2D eigenvalue weighted by molar-refractivity contribution is 7.16. The van der Waals surface area contributed by atoms with Gasteiger partial charge in [0.25, 0.3) is 5.91 Å². The Labute approximate surface area is 138 Å². The number of aromatic nitrogens is 1. The first kappa shape index (κ1) is 14.6. The average Bonchev–Trinajstić information content (AvgIpc) is 3.18. The maximum absolute atomic E-state index is 12.8. The standard InChI is InChI=1S/C17H19N3O2S/c1-20(13-4-11-7-16(21)18-8-12(11)5-13)17(22)10-2-3-14-15(6-10)23-9-19-14/h2-3,6,9,11-13H,4-5,7-8H2,1H3,(H,18,21)/t11-,12+,13-/m0/s1. The van der Waals surface area contributed by atoms with Crippen molar-refractivity contribution in [2.45, 2.75) is 25.3 Å². The molecule has 1 aliphatic carbocycles. The van der Waals surface area contributed by atoms with Crippen LogP contribution >= 0.6 is 11.3 Å². The van der Waals surface area contributed by atoms with E-state index in [-0.39, 0.29) is 17.9 Å². The molecule has 23 heavy (non-hydrogen) atoms. The number of carbonyl (C=O) groups excluding carboxylic acids is 2. The lowest BCUT2D eigenvalue weighted by Gasteiger charge is -2.25. The van der Waals surface area contributed by atoms with E-state index < -0.39 is 0 Å². The van der Waals surface area contributed by atoms with Crippen LogP contribution in [0.5, 0.6) is 0 Å². The zero-order valence-corrected chi connectivity index (χ0v) is 13.8. The van der Waals surface area contributed by atoms with Crippen molar-refractivity contribution in [2.75, 3.05) is 13.6 Å². The van der Waals surface area contributed by atoms with E-state index in [1.165, 1.54) is 0 Å². The summed E-state index contributed by atoms with van der Waals surface area (Å²) in [6.45, 7) is 0.759. The van der Waals surface area contributed by atoms with Crippen LogP contribution in [0.25, 0.3) is 10.2 Å². The third-order valence-electron chi connectivity index (χ3n) is 5.27. The zero-order valence-electron chi connectivity index (χ0n) is 13.0. The molecule has 1 aromatic carbocycles. The van der Waals surface area contributed by atoms with Crippen molar-refractivity contribution in [3.8, 4) is 0 Å². The van der Waals surface area contributed by atoms with Crippen LogP contribution < -0.4 is 5.32 Å². The number of piperidine rings is 1. The molecular formula is C17H19N3O2S. The van der Waals surface area contributed by atoms with Gasteiger partial charge in [0.05, 0.1) is 15.7 Å². The number of hydrogen-bond acceptors (Lipinski definition) is 4. The van der Waals surface area contributed by atoms with E-state index in [9.17, 15) is 9.59 Å². The zero-order chi connectivity index (χ0) is 16.0. The summed E-state index contributed by atoms with van der Waals surface area (Å²) < 4.78 is 1.04. The maximum Gasteiger partial charge on any atom is 0.253 e. The van der Waals surface area contributed by atoms with Gasteiger partial charge in [-0.05, 0) is 42.9 Å². The Morgan fingerprint density at radius 1 is 1.35 bits per heavy atom. The summed E-state index contributed by atoms with van der Waals surface area (Å²) in [5, 5.41) is 2.94. The number of benzene rings is 1. The number of fused-ring (bicyclic) bond motifs is 2. The van der Waals surface area contributed by atoms with Crippen LogP contribution in [0.3, 0.4) is 0 Å². The Morgan fingerprint density at radius 3 is 3.04 bits per heavy atom. The average molecular weight is 329 g/mol. The molecule has 1 N–H and O–H groups in total. The number of nitrogens with one attached hydrogen (secondary N) is 1. The minimum atomic E-state index is 0.0585.